The Bertz CT molecular complexity index is 594. The molecule has 26 heavy (non-hydrogen) atoms. The van der Waals surface area contributed by atoms with Crippen LogP contribution in [-0.2, 0) is 20.7 Å². The SMILES string of the molecule is CCOC(=O)[C@H]1CCN(C(=O)OC(C)(C)C)C[C@H]1CCc1ccccc1. The summed E-state index contributed by atoms with van der Waals surface area (Å²) in [6.07, 6.45) is 2.04. The lowest BCUT2D eigenvalue weighted by atomic mass is 9.82. The highest BCUT2D eigenvalue weighted by Crippen LogP contribution is 2.30. The van der Waals surface area contributed by atoms with Crippen molar-refractivity contribution in [3.63, 3.8) is 0 Å². The van der Waals surface area contributed by atoms with Crippen molar-refractivity contribution in [1.82, 2.24) is 4.90 Å². The van der Waals surface area contributed by atoms with Crippen LogP contribution in [0.15, 0.2) is 30.3 Å². The summed E-state index contributed by atoms with van der Waals surface area (Å²) in [5, 5.41) is 0. The van der Waals surface area contributed by atoms with Crippen LogP contribution in [0.5, 0.6) is 0 Å². The van der Waals surface area contributed by atoms with Crippen molar-refractivity contribution in [2.24, 2.45) is 11.8 Å². The molecule has 0 spiro atoms. The van der Waals surface area contributed by atoms with Crippen LogP contribution in [-0.4, -0.2) is 42.3 Å². The summed E-state index contributed by atoms with van der Waals surface area (Å²) in [5.41, 5.74) is 0.721. The number of hydrogen-bond donors (Lipinski definition) is 0. The van der Waals surface area contributed by atoms with Crippen LogP contribution < -0.4 is 0 Å². The van der Waals surface area contributed by atoms with Gasteiger partial charge in [-0.25, -0.2) is 4.79 Å². The number of rotatable bonds is 5. The van der Waals surface area contributed by atoms with E-state index in [1.165, 1.54) is 5.56 Å². The molecule has 2 atom stereocenters. The lowest BCUT2D eigenvalue weighted by molar-refractivity contribution is -0.152. The Labute approximate surface area is 156 Å². The molecule has 1 aliphatic heterocycles. The molecule has 1 aromatic carbocycles. The molecule has 0 N–H and O–H groups in total. The van der Waals surface area contributed by atoms with Crippen molar-refractivity contribution in [3.8, 4) is 0 Å². The van der Waals surface area contributed by atoms with Crippen molar-refractivity contribution in [2.75, 3.05) is 19.7 Å². The second-order valence-corrected chi connectivity index (χ2v) is 7.86. The van der Waals surface area contributed by atoms with Crippen LogP contribution in [0.3, 0.4) is 0 Å². The second kappa shape index (κ2) is 9.06. The van der Waals surface area contributed by atoms with Crippen molar-refractivity contribution >= 4 is 12.1 Å². The molecular weight excluding hydrogens is 330 g/mol. The number of esters is 1. The summed E-state index contributed by atoms with van der Waals surface area (Å²) < 4.78 is 10.8. The molecule has 5 heteroatoms. The molecule has 5 nitrogen and oxygen atoms in total. The van der Waals surface area contributed by atoms with Gasteiger partial charge in [0.25, 0.3) is 0 Å². The van der Waals surface area contributed by atoms with Gasteiger partial charge >= 0.3 is 12.1 Å². The standard InChI is InChI=1S/C21H31NO4/c1-5-25-19(23)18-13-14-22(20(24)26-21(2,3)4)15-17(18)12-11-16-9-7-6-8-10-16/h6-10,17-18H,5,11-15H2,1-4H3/t17-,18+/m1/s1. The topological polar surface area (TPSA) is 55.8 Å². The highest BCUT2D eigenvalue weighted by atomic mass is 16.6. The van der Waals surface area contributed by atoms with Gasteiger partial charge in [0.05, 0.1) is 12.5 Å². The number of likely N-dealkylation sites (tertiary alicyclic amines) is 1. The predicted octanol–water partition coefficient (Wildman–Crippen LogP) is 4.06. The fourth-order valence-electron chi connectivity index (χ4n) is 3.37. The van der Waals surface area contributed by atoms with Gasteiger partial charge in [-0.05, 0) is 58.4 Å². The van der Waals surface area contributed by atoms with Gasteiger partial charge in [-0.15, -0.1) is 0 Å². The van der Waals surface area contributed by atoms with Gasteiger partial charge in [-0.2, -0.15) is 0 Å². The molecule has 144 valence electrons. The molecule has 0 unspecified atom stereocenters. The number of carbonyl (C=O) groups is 2. The van der Waals surface area contributed by atoms with E-state index in [0.29, 0.717) is 26.1 Å². The van der Waals surface area contributed by atoms with E-state index in [4.69, 9.17) is 9.47 Å². The van der Waals surface area contributed by atoms with Gasteiger partial charge in [0.15, 0.2) is 0 Å². The van der Waals surface area contributed by atoms with E-state index in [1.807, 2.05) is 45.9 Å². The summed E-state index contributed by atoms with van der Waals surface area (Å²) >= 11 is 0. The van der Waals surface area contributed by atoms with E-state index < -0.39 is 5.60 Å². The smallest absolute Gasteiger partial charge is 0.410 e. The summed E-state index contributed by atoms with van der Waals surface area (Å²) in [5.74, 6) is -0.220. The number of ether oxygens (including phenoxy) is 2. The average molecular weight is 361 g/mol. The molecule has 2 rings (SSSR count). The van der Waals surface area contributed by atoms with E-state index in [0.717, 1.165) is 12.8 Å². The maximum absolute atomic E-state index is 12.4. The number of aryl methyl sites for hydroxylation is 1. The van der Waals surface area contributed by atoms with Gasteiger partial charge in [0.2, 0.25) is 0 Å². The Morgan fingerprint density at radius 1 is 1.19 bits per heavy atom. The normalized spacial score (nSPS) is 20.5. The third-order valence-electron chi connectivity index (χ3n) is 4.62. The Morgan fingerprint density at radius 2 is 1.88 bits per heavy atom. The van der Waals surface area contributed by atoms with Gasteiger partial charge in [-0.3, -0.25) is 4.79 Å². The zero-order valence-electron chi connectivity index (χ0n) is 16.4. The van der Waals surface area contributed by atoms with Crippen LogP contribution in [0.1, 0.15) is 46.1 Å². The van der Waals surface area contributed by atoms with Crippen molar-refractivity contribution in [1.29, 1.82) is 0 Å². The molecule has 1 aromatic rings. The van der Waals surface area contributed by atoms with Gasteiger partial charge in [-0.1, -0.05) is 30.3 Å². The van der Waals surface area contributed by atoms with Gasteiger partial charge in [0.1, 0.15) is 5.60 Å². The maximum atomic E-state index is 12.4. The molecule has 1 saturated heterocycles. The van der Waals surface area contributed by atoms with Crippen LogP contribution in [0.2, 0.25) is 0 Å². The Balaban J connectivity index is 2.04. The van der Waals surface area contributed by atoms with E-state index in [9.17, 15) is 9.59 Å². The minimum absolute atomic E-state index is 0.0792. The van der Waals surface area contributed by atoms with Crippen molar-refractivity contribution in [2.45, 2.75) is 52.6 Å². The highest BCUT2D eigenvalue weighted by molar-refractivity contribution is 5.74. The van der Waals surface area contributed by atoms with Crippen molar-refractivity contribution in [3.05, 3.63) is 35.9 Å². The number of amides is 1. The minimum Gasteiger partial charge on any atom is -0.466 e. The van der Waals surface area contributed by atoms with E-state index >= 15 is 0 Å². The van der Waals surface area contributed by atoms with Gasteiger partial charge < -0.3 is 14.4 Å². The Hall–Kier alpha value is -2.04. The number of carbonyl (C=O) groups excluding carboxylic acids is 2. The number of hydrogen-bond acceptors (Lipinski definition) is 4. The third kappa shape index (κ3) is 6.04. The zero-order valence-corrected chi connectivity index (χ0v) is 16.4. The first-order chi connectivity index (χ1) is 12.3. The van der Waals surface area contributed by atoms with Crippen LogP contribution in [0.25, 0.3) is 0 Å². The maximum Gasteiger partial charge on any atom is 0.410 e. The number of nitrogens with zero attached hydrogens (tertiary/aromatic N) is 1. The lowest BCUT2D eigenvalue weighted by Gasteiger charge is -2.38. The molecular formula is C21H31NO4. The zero-order chi connectivity index (χ0) is 19.2. The summed E-state index contributed by atoms with van der Waals surface area (Å²) in [6, 6.07) is 10.2. The summed E-state index contributed by atoms with van der Waals surface area (Å²) in [7, 11) is 0. The van der Waals surface area contributed by atoms with Gasteiger partial charge in [0, 0.05) is 13.1 Å². The van der Waals surface area contributed by atoms with E-state index in [1.54, 1.807) is 4.90 Å². The molecule has 0 radical (unpaired) electrons. The van der Waals surface area contributed by atoms with E-state index in [2.05, 4.69) is 12.1 Å². The molecule has 1 fully saturated rings. The molecule has 1 aliphatic rings. The fourth-order valence-corrected chi connectivity index (χ4v) is 3.37. The van der Waals surface area contributed by atoms with Crippen molar-refractivity contribution < 1.29 is 19.1 Å². The number of benzene rings is 1. The fraction of sp³-hybridized carbons (Fsp3) is 0.619. The molecule has 1 heterocycles. The van der Waals surface area contributed by atoms with E-state index in [-0.39, 0.29) is 23.9 Å². The molecule has 0 aromatic heterocycles. The first-order valence-electron chi connectivity index (χ1n) is 9.48. The molecule has 0 aliphatic carbocycles. The first-order valence-corrected chi connectivity index (χ1v) is 9.48. The Kier molecular flexibility index (Phi) is 7.06. The highest BCUT2D eigenvalue weighted by Gasteiger charge is 2.37. The largest absolute Gasteiger partial charge is 0.466 e. The summed E-state index contributed by atoms with van der Waals surface area (Å²) in [4.78, 5) is 26.5. The third-order valence-corrected chi connectivity index (χ3v) is 4.62. The monoisotopic (exact) mass is 361 g/mol. The quantitative estimate of drug-likeness (QED) is 0.742. The molecule has 0 saturated carbocycles. The van der Waals surface area contributed by atoms with Crippen LogP contribution in [0.4, 0.5) is 4.79 Å². The Morgan fingerprint density at radius 3 is 2.50 bits per heavy atom. The van der Waals surface area contributed by atoms with Crippen LogP contribution >= 0.6 is 0 Å². The second-order valence-electron chi connectivity index (χ2n) is 7.86. The van der Waals surface area contributed by atoms with Crippen LogP contribution in [0, 0.1) is 11.8 Å². The summed E-state index contributed by atoms with van der Waals surface area (Å²) in [6.45, 7) is 8.87. The number of piperidine rings is 1. The first kappa shape index (κ1) is 20.3. The lowest BCUT2D eigenvalue weighted by Crippen LogP contribution is -2.48. The molecule has 1 amide bonds. The minimum atomic E-state index is -0.519. The molecule has 0 bridgehead atoms. The average Bonchev–Trinajstić information content (AvgIpc) is 2.59. The predicted molar refractivity (Wildman–Crippen MR) is 101 cm³/mol.